The zero-order valence-corrected chi connectivity index (χ0v) is 6.11. The second-order valence-corrected chi connectivity index (χ2v) is 2.36. The van der Waals surface area contributed by atoms with Crippen LogP contribution in [0.5, 0.6) is 0 Å². The minimum atomic E-state index is -0.551. The largest absolute Gasteiger partial charge is 0.364 e. The number of carbonyl (C=O) groups excluding carboxylic acids is 1. The molecule has 5 nitrogen and oxygen atoms in total. The van der Waals surface area contributed by atoms with Crippen molar-refractivity contribution in [1.82, 2.24) is 15.2 Å². The van der Waals surface area contributed by atoms with Crippen molar-refractivity contribution in [3.05, 3.63) is 24.2 Å². The molecule has 0 aliphatic heterocycles. The number of aromatic nitrogens is 3. The molecule has 2 rings (SSSR count). The molecule has 0 aromatic carbocycles. The van der Waals surface area contributed by atoms with Crippen LogP contribution in [0.25, 0.3) is 10.9 Å². The van der Waals surface area contributed by atoms with E-state index in [0.717, 1.165) is 5.39 Å². The fourth-order valence-electron chi connectivity index (χ4n) is 1.05. The quantitative estimate of drug-likeness (QED) is 0.621. The van der Waals surface area contributed by atoms with Crippen LogP contribution in [-0.2, 0) is 0 Å². The van der Waals surface area contributed by atoms with Gasteiger partial charge in [-0.2, -0.15) is 5.10 Å². The van der Waals surface area contributed by atoms with E-state index in [-0.39, 0.29) is 5.69 Å². The summed E-state index contributed by atoms with van der Waals surface area (Å²) >= 11 is 0. The van der Waals surface area contributed by atoms with Crippen LogP contribution >= 0.6 is 0 Å². The molecule has 60 valence electrons. The lowest BCUT2D eigenvalue weighted by atomic mass is 10.2. The molecule has 1 amide bonds. The summed E-state index contributed by atoms with van der Waals surface area (Å²) in [5.41, 5.74) is 5.90. The van der Waals surface area contributed by atoms with Crippen molar-refractivity contribution >= 4 is 16.8 Å². The number of rotatable bonds is 1. The summed E-state index contributed by atoms with van der Waals surface area (Å²) in [4.78, 5) is 14.7. The first-order chi connectivity index (χ1) is 5.79. The van der Waals surface area contributed by atoms with Gasteiger partial charge < -0.3 is 5.73 Å². The Bertz CT molecular complexity index is 434. The molecule has 3 N–H and O–H groups in total. The molecule has 2 aromatic rings. The number of aromatic amines is 1. The van der Waals surface area contributed by atoms with E-state index >= 15 is 0 Å². The summed E-state index contributed by atoms with van der Waals surface area (Å²) in [5.74, 6) is -0.551. The van der Waals surface area contributed by atoms with Crippen molar-refractivity contribution < 1.29 is 4.79 Å². The lowest BCUT2D eigenvalue weighted by Crippen LogP contribution is -2.13. The number of hydrogen-bond donors (Lipinski definition) is 2. The molecule has 0 spiro atoms. The number of nitrogens with one attached hydrogen (secondary N) is 1. The fraction of sp³-hybridized carbons (Fsp3) is 0. The summed E-state index contributed by atoms with van der Waals surface area (Å²) in [7, 11) is 0. The van der Waals surface area contributed by atoms with Crippen LogP contribution in [0.15, 0.2) is 18.5 Å². The third-order valence-electron chi connectivity index (χ3n) is 1.60. The molecule has 2 heterocycles. The van der Waals surface area contributed by atoms with Gasteiger partial charge in [-0.3, -0.25) is 9.89 Å². The predicted molar refractivity (Wildman–Crippen MR) is 42.4 cm³/mol. The Labute approximate surface area is 67.6 Å². The van der Waals surface area contributed by atoms with Gasteiger partial charge in [0.2, 0.25) is 0 Å². The third kappa shape index (κ3) is 0.833. The van der Waals surface area contributed by atoms with Gasteiger partial charge in [0.05, 0.1) is 11.7 Å². The normalized spacial score (nSPS) is 10.3. The Kier molecular flexibility index (Phi) is 1.30. The van der Waals surface area contributed by atoms with E-state index in [0.29, 0.717) is 5.52 Å². The monoisotopic (exact) mass is 162 g/mol. The first-order valence-corrected chi connectivity index (χ1v) is 3.37. The molecule has 0 unspecified atom stereocenters. The predicted octanol–water partition coefficient (Wildman–Crippen LogP) is 0.0568. The van der Waals surface area contributed by atoms with Gasteiger partial charge in [-0.1, -0.05) is 0 Å². The lowest BCUT2D eigenvalue weighted by molar-refractivity contribution is 0.0997. The van der Waals surface area contributed by atoms with Crippen LogP contribution in [-0.4, -0.2) is 21.1 Å². The van der Waals surface area contributed by atoms with Crippen molar-refractivity contribution in [1.29, 1.82) is 0 Å². The van der Waals surface area contributed by atoms with Crippen LogP contribution < -0.4 is 5.73 Å². The maximum Gasteiger partial charge on any atom is 0.269 e. The number of carbonyl (C=O) groups is 1. The van der Waals surface area contributed by atoms with Gasteiger partial charge >= 0.3 is 0 Å². The lowest BCUT2D eigenvalue weighted by Gasteiger charge is -1.93. The number of hydrogen-bond acceptors (Lipinski definition) is 3. The maximum atomic E-state index is 10.8. The standard InChI is InChI=1S/C7H6N4O/c8-7(12)6-5-4(1-2-9-6)3-10-11-5/h1-3H,(H2,8,12)(H,10,11). The molecule has 0 bridgehead atoms. The summed E-state index contributed by atoms with van der Waals surface area (Å²) in [6.45, 7) is 0. The molecule has 0 radical (unpaired) electrons. The van der Waals surface area contributed by atoms with Crippen molar-refractivity contribution in [2.75, 3.05) is 0 Å². The van der Waals surface area contributed by atoms with E-state index in [9.17, 15) is 4.79 Å². The molecule has 0 aliphatic rings. The second-order valence-electron chi connectivity index (χ2n) is 2.36. The molecule has 12 heavy (non-hydrogen) atoms. The van der Waals surface area contributed by atoms with Crippen molar-refractivity contribution in [2.45, 2.75) is 0 Å². The molecule has 5 heteroatoms. The number of pyridine rings is 1. The highest BCUT2D eigenvalue weighted by atomic mass is 16.1. The van der Waals surface area contributed by atoms with E-state index in [4.69, 9.17) is 5.73 Å². The highest BCUT2D eigenvalue weighted by Gasteiger charge is 2.08. The summed E-state index contributed by atoms with van der Waals surface area (Å²) < 4.78 is 0. The smallest absolute Gasteiger partial charge is 0.269 e. The van der Waals surface area contributed by atoms with Crippen molar-refractivity contribution in [3.63, 3.8) is 0 Å². The Morgan fingerprint density at radius 3 is 3.17 bits per heavy atom. The van der Waals surface area contributed by atoms with Crippen molar-refractivity contribution in [2.24, 2.45) is 5.73 Å². The minimum absolute atomic E-state index is 0.227. The SMILES string of the molecule is NC(=O)c1nccc2cn[nH]c12. The summed E-state index contributed by atoms with van der Waals surface area (Å²) in [6, 6.07) is 1.76. The number of primary amides is 1. The topological polar surface area (TPSA) is 84.7 Å². The zero-order chi connectivity index (χ0) is 8.55. The summed E-state index contributed by atoms with van der Waals surface area (Å²) in [5, 5.41) is 7.26. The molecule has 0 saturated carbocycles. The number of amides is 1. The first kappa shape index (κ1) is 6.78. The third-order valence-corrected chi connectivity index (χ3v) is 1.60. The van der Waals surface area contributed by atoms with Gasteiger partial charge in [0.15, 0.2) is 5.69 Å². The fourth-order valence-corrected chi connectivity index (χ4v) is 1.05. The molecule has 0 fully saturated rings. The number of nitrogens with two attached hydrogens (primary N) is 1. The van der Waals surface area contributed by atoms with Gasteiger partial charge in [0.1, 0.15) is 0 Å². The van der Waals surface area contributed by atoms with Crippen LogP contribution in [0.1, 0.15) is 10.5 Å². The Balaban J connectivity index is 2.82. The van der Waals surface area contributed by atoms with Gasteiger partial charge in [0, 0.05) is 11.6 Å². The van der Waals surface area contributed by atoms with E-state index in [1.165, 1.54) is 6.20 Å². The minimum Gasteiger partial charge on any atom is -0.364 e. The average molecular weight is 162 g/mol. The zero-order valence-electron chi connectivity index (χ0n) is 6.11. The van der Waals surface area contributed by atoms with E-state index in [1.54, 1.807) is 12.3 Å². The molecular weight excluding hydrogens is 156 g/mol. The van der Waals surface area contributed by atoms with Gasteiger partial charge in [-0.25, -0.2) is 4.98 Å². The Morgan fingerprint density at radius 2 is 2.42 bits per heavy atom. The number of fused-ring (bicyclic) bond motifs is 1. The van der Waals surface area contributed by atoms with Crippen LogP contribution in [0.3, 0.4) is 0 Å². The van der Waals surface area contributed by atoms with Gasteiger partial charge in [-0.15, -0.1) is 0 Å². The van der Waals surface area contributed by atoms with Crippen LogP contribution in [0.2, 0.25) is 0 Å². The van der Waals surface area contributed by atoms with E-state index in [1.807, 2.05) is 0 Å². The molecule has 0 saturated heterocycles. The van der Waals surface area contributed by atoms with Crippen LogP contribution in [0, 0.1) is 0 Å². The highest BCUT2D eigenvalue weighted by molar-refractivity contribution is 6.02. The summed E-state index contributed by atoms with van der Waals surface area (Å²) in [6.07, 6.45) is 3.14. The van der Waals surface area contributed by atoms with Crippen LogP contribution in [0.4, 0.5) is 0 Å². The van der Waals surface area contributed by atoms with Gasteiger partial charge in [0.25, 0.3) is 5.91 Å². The molecule has 0 aliphatic carbocycles. The maximum absolute atomic E-state index is 10.8. The molecule has 0 atom stereocenters. The second kappa shape index (κ2) is 2.30. The Hall–Kier alpha value is -1.91. The van der Waals surface area contributed by atoms with Gasteiger partial charge in [-0.05, 0) is 6.07 Å². The average Bonchev–Trinajstić information content (AvgIpc) is 2.49. The molecule has 2 aromatic heterocycles. The number of nitrogens with zero attached hydrogens (tertiary/aromatic N) is 2. The molecular formula is C7H6N4O. The van der Waals surface area contributed by atoms with E-state index in [2.05, 4.69) is 15.2 Å². The van der Waals surface area contributed by atoms with Crippen molar-refractivity contribution in [3.8, 4) is 0 Å². The van der Waals surface area contributed by atoms with E-state index < -0.39 is 5.91 Å². The first-order valence-electron chi connectivity index (χ1n) is 3.37. The Morgan fingerprint density at radius 1 is 1.58 bits per heavy atom. The number of H-pyrrole nitrogens is 1. The highest BCUT2D eigenvalue weighted by Crippen LogP contribution is 2.11.